The first kappa shape index (κ1) is 14.7. The van der Waals surface area contributed by atoms with Crippen LogP contribution in [0.1, 0.15) is 43.8 Å². The Bertz CT molecular complexity index is 533. The molecule has 0 atom stereocenters. The summed E-state index contributed by atoms with van der Waals surface area (Å²) in [5.41, 5.74) is 2.25. The summed E-state index contributed by atoms with van der Waals surface area (Å²) in [6.07, 6.45) is 3.87. The van der Waals surface area contributed by atoms with Crippen LogP contribution >= 0.6 is 0 Å². The lowest BCUT2D eigenvalue weighted by Crippen LogP contribution is -2.29. The van der Waals surface area contributed by atoms with Gasteiger partial charge in [0.15, 0.2) is 0 Å². The molecule has 0 amide bonds. The molecule has 0 spiro atoms. The number of benzene rings is 1. The molecule has 20 heavy (non-hydrogen) atoms. The summed E-state index contributed by atoms with van der Waals surface area (Å²) in [7, 11) is 1.94. The number of hydrogen-bond acceptors (Lipinski definition) is 3. The molecule has 2 rings (SSSR count). The Kier molecular flexibility index (Phi) is 4.85. The van der Waals surface area contributed by atoms with Crippen molar-refractivity contribution in [2.24, 2.45) is 0 Å². The standard InChI is InChI=1S/C17H23N3/c1-4-17(5-2,14-9-7-6-8-10-14)16-19-12-11-15(20-16)13-18-3/h6-12,18H,4-5,13H2,1-3H3. The summed E-state index contributed by atoms with van der Waals surface area (Å²) in [5.74, 6) is 0.932. The molecule has 0 bridgehead atoms. The highest BCUT2D eigenvalue weighted by atomic mass is 14.9. The quantitative estimate of drug-likeness (QED) is 0.874. The summed E-state index contributed by atoms with van der Waals surface area (Å²) in [6, 6.07) is 12.6. The minimum absolute atomic E-state index is 0.0923. The van der Waals surface area contributed by atoms with Gasteiger partial charge in [-0.1, -0.05) is 44.2 Å². The Morgan fingerprint density at radius 1 is 1.05 bits per heavy atom. The first-order chi connectivity index (χ1) is 9.76. The van der Waals surface area contributed by atoms with Crippen molar-refractivity contribution in [3.05, 3.63) is 59.7 Å². The van der Waals surface area contributed by atoms with Crippen LogP contribution in [-0.2, 0) is 12.0 Å². The molecule has 1 aromatic heterocycles. The fraction of sp³-hybridized carbons (Fsp3) is 0.412. The van der Waals surface area contributed by atoms with Crippen molar-refractivity contribution in [1.29, 1.82) is 0 Å². The molecular formula is C17H23N3. The molecule has 106 valence electrons. The zero-order valence-electron chi connectivity index (χ0n) is 12.6. The van der Waals surface area contributed by atoms with Gasteiger partial charge in [-0.2, -0.15) is 0 Å². The summed E-state index contributed by atoms with van der Waals surface area (Å²) in [6.45, 7) is 5.20. The molecular weight excluding hydrogens is 246 g/mol. The van der Waals surface area contributed by atoms with Crippen molar-refractivity contribution in [1.82, 2.24) is 15.3 Å². The highest BCUT2D eigenvalue weighted by Gasteiger charge is 2.33. The van der Waals surface area contributed by atoms with Gasteiger partial charge >= 0.3 is 0 Å². The van der Waals surface area contributed by atoms with Crippen LogP contribution in [0.25, 0.3) is 0 Å². The van der Waals surface area contributed by atoms with Crippen LogP contribution in [0.5, 0.6) is 0 Å². The molecule has 0 radical (unpaired) electrons. The van der Waals surface area contributed by atoms with E-state index < -0.39 is 0 Å². The first-order valence-electron chi connectivity index (χ1n) is 7.29. The van der Waals surface area contributed by atoms with E-state index in [2.05, 4.69) is 54.5 Å². The van der Waals surface area contributed by atoms with Gasteiger partial charge in [-0.3, -0.25) is 0 Å². The second kappa shape index (κ2) is 6.62. The van der Waals surface area contributed by atoms with Gasteiger partial charge in [-0.05, 0) is 31.5 Å². The van der Waals surface area contributed by atoms with Crippen LogP contribution in [0, 0.1) is 0 Å². The SMILES string of the molecule is CCC(CC)(c1ccccc1)c1nccc(CNC)n1. The highest BCUT2D eigenvalue weighted by molar-refractivity contribution is 5.33. The molecule has 0 aliphatic rings. The van der Waals surface area contributed by atoms with Gasteiger partial charge in [0.1, 0.15) is 5.82 Å². The average Bonchev–Trinajstić information content (AvgIpc) is 2.51. The normalized spacial score (nSPS) is 11.6. The van der Waals surface area contributed by atoms with E-state index in [0.29, 0.717) is 0 Å². The van der Waals surface area contributed by atoms with E-state index >= 15 is 0 Å². The van der Waals surface area contributed by atoms with Crippen molar-refractivity contribution in [3.63, 3.8) is 0 Å². The molecule has 3 nitrogen and oxygen atoms in total. The molecule has 0 fully saturated rings. The van der Waals surface area contributed by atoms with Gasteiger partial charge in [-0.25, -0.2) is 9.97 Å². The van der Waals surface area contributed by atoms with E-state index in [4.69, 9.17) is 4.98 Å². The maximum Gasteiger partial charge on any atom is 0.139 e. The third-order valence-electron chi connectivity index (χ3n) is 4.03. The lowest BCUT2D eigenvalue weighted by Gasteiger charge is -2.31. The van der Waals surface area contributed by atoms with Gasteiger partial charge < -0.3 is 5.32 Å². The molecule has 0 unspecified atom stereocenters. The maximum atomic E-state index is 4.78. The number of nitrogens with one attached hydrogen (secondary N) is 1. The Hall–Kier alpha value is -1.74. The van der Waals surface area contributed by atoms with E-state index in [0.717, 1.165) is 30.9 Å². The summed E-state index contributed by atoms with van der Waals surface area (Å²) in [4.78, 5) is 9.35. The van der Waals surface area contributed by atoms with E-state index in [-0.39, 0.29) is 5.41 Å². The average molecular weight is 269 g/mol. The Balaban J connectivity index is 2.50. The van der Waals surface area contributed by atoms with Gasteiger partial charge in [0.05, 0.1) is 11.1 Å². The van der Waals surface area contributed by atoms with Gasteiger partial charge in [0.2, 0.25) is 0 Å². The predicted octanol–water partition coefficient (Wildman–Crippen LogP) is 3.30. The molecule has 1 N–H and O–H groups in total. The van der Waals surface area contributed by atoms with Crippen molar-refractivity contribution in [2.75, 3.05) is 7.05 Å². The largest absolute Gasteiger partial charge is 0.314 e. The Labute approximate surface area is 121 Å². The molecule has 2 aromatic rings. The molecule has 1 heterocycles. The van der Waals surface area contributed by atoms with Crippen LogP contribution < -0.4 is 5.32 Å². The van der Waals surface area contributed by atoms with Gasteiger partial charge in [-0.15, -0.1) is 0 Å². The summed E-state index contributed by atoms with van der Waals surface area (Å²) in [5, 5.41) is 3.15. The van der Waals surface area contributed by atoms with Crippen LogP contribution in [0.2, 0.25) is 0 Å². The minimum atomic E-state index is -0.0923. The van der Waals surface area contributed by atoms with Crippen LogP contribution in [0.4, 0.5) is 0 Å². The maximum absolute atomic E-state index is 4.78. The lowest BCUT2D eigenvalue weighted by molar-refractivity contribution is 0.446. The second-order valence-electron chi connectivity index (χ2n) is 5.06. The molecule has 0 aliphatic heterocycles. The lowest BCUT2D eigenvalue weighted by atomic mass is 9.75. The number of hydrogen-bond donors (Lipinski definition) is 1. The molecule has 0 aliphatic carbocycles. The van der Waals surface area contributed by atoms with E-state index in [9.17, 15) is 0 Å². The number of nitrogens with zero attached hydrogens (tertiary/aromatic N) is 2. The molecule has 1 aromatic carbocycles. The van der Waals surface area contributed by atoms with Gasteiger partial charge in [0, 0.05) is 12.7 Å². The van der Waals surface area contributed by atoms with Gasteiger partial charge in [0.25, 0.3) is 0 Å². The van der Waals surface area contributed by atoms with Crippen LogP contribution in [-0.4, -0.2) is 17.0 Å². The first-order valence-corrected chi connectivity index (χ1v) is 7.29. The van der Waals surface area contributed by atoms with Crippen LogP contribution in [0.3, 0.4) is 0 Å². The fourth-order valence-electron chi connectivity index (χ4n) is 2.77. The van der Waals surface area contributed by atoms with Crippen LogP contribution in [0.15, 0.2) is 42.6 Å². The van der Waals surface area contributed by atoms with E-state index in [1.54, 1.807) is 0 Å². The topological polar surface area (TPSA) is 37.8 Å². The Morgan fingerprint density at radius 2 is 1.75 bits per heavy atom. The smallest absolute Gasteiger partial charge is 0.139 e. The zero-order chi connectivity index (χ0) is 14.4. The fourth-order valence-corrected chi connectivity index (χ4v) is 2.77. The zero-order valence-corrected chi connectivity index (χ0v) is 12.6. The summed E-state index contributed by atoms with van der Waals surface area (Å²) >= 11 is 0. The second-order valence-corrected chi connectivity index (χ2v) is 5.06. The van der Waals surface area contributed by atoms with Crippen molar-refractivity contribution in [3.8, 4) is 0 Å². The Morgan fingerprint density at radius 3 is 2.35 bits per heavy atom. The minimum Gasteiger partial charge on any atom is -0.314 e. The van der Waals surface area contributed by atoms with E-state index in [1.165, 1.54) is 5.56 Å². The molecule has 0 saturated carbocycles. The predicted molar refractivity (Wildman–Crippen MR) is 82.6 cm³/mol. The molecule has 3 heteroatoms. The van der Waals surface area contributed by atoms with Crippen molar-refractivity contribution < 1.29 is 0 Å². The van der Waals surface area contributed by atoms with E-state index in [1.807, 2.05) is 19.3 Å². The monoisotopic (exact) mass is 269 g/mol. The summed E-state index contributed by atoms with van der Waals surface area (Å²) < 4.78 is 0. The number of aromatic nitrogens is 2. The third kappa shape index (κ3) is 2.73. The number of rotatable bonds is 6. The highest BCUT2D eigenvalue weighted by Crippen LogP contribution is 2.36. The third-order valence-corrected chi connectivity index (χ3v) is 4.03. The van der Waals surface area contributed by atoms with Crippen molar-refractivity contribution >= 4 is 0 Å². The molecule has 0 saturated heterocycles. The van der Waals surface area contributed by atoms with Crippen molar-refractivity contribution in [2.45, 2.75) is 38.6 Å².